The van der Waals surface area contributed by atoms with Crippen LogP contribution in [0.4, 0.5) is 15.3 Å². The summed E-state index contributed by atoms with van der Waals surface area (Å²) >= 11 is 5.80. The van der Waals surface area contributed by atoms with Crippen molar-refractivity contribution in [3.05, 3.63) is 29.3 Å². The van der Waals surface area contributed by atoms with Crippen molar-refractivity contribution in [1.82, 2.24) is 4.90 Å². The van der Waals surface area contributed by atoms with Gasteiger partial charge in [-0.25, -0.2) is 9.59 Å². The van der Waals surface area contributed by atoms with Crippen LogP contribution < -0.4 is 5.32 Å². The minimum absolute atomic E-state index is 0.336. The molecule has 132 valence electrons. The predicted molar refractivity (Wildman–Crippen MR) is 92.4 cm³/mol. The van der Waals surface area contributed by atoms with Crippen LogP contribution in [-0.2, 0) is 9.47 Å². The van der Waals surface area contributed by atoms with Crippen molar-refractivity contribution in [3.63, 3.8) is 0 Å². The molecule has 1 aliphatic rings. The molecule has 0 saturated carbocycles. The standard InChI is InChI=1S/C17H23ClN2O4/c1-17(2,3)24-16(22)20-10-4-5-14(11-20)23-15(21)19-13-8-6-12(18)7-9-13/h6-9,14H,4-5,10-11H2,1-3H3,(H,19,21)/t14-/m1/s1. The van der Waals surface area contributed by atoms with Crippen molar-refractivity contribution in [1.29, 1.82) is 0 Å². The van der Waals surface area contributed by atoms with Gasteiger partial charge in [0.1, 0.15) is 11.7 Å². The number of rotatable bonds is 2. The van der Waals surface area contributed by atoms with Crippen molar-refractivity contribution in [2.75, 3.05) is 18.4 Å². The van der Waals surface area contributed by atoms with Crippen molar-refractivity contribution in [2.24, 2.45) is 0 Å². The molecule has 0 aromatic heterocycles. The molecule has 0 unspecified atom stereocenters. The van der Waals surface area contributed by atoms with Crippen LogP contribution in [0, 0.1) is 0 Å². The quantitative estimate of drug-likeness (QED) is 0.860. The lowest BCUT2D eigenvalue weighted by Gasteiger charge is -2.33. The molecule has 24 heavy (non-hydrogen) atoms. The summed E-state index contributed by atoms with van der Waals surface area (Å²) in [5.41, 5.74) is 0.0563. The van der Waals surface area contributed by atoms with Crippen LogP contribution in [0.2, 0.25) is 5.02 Å². The largest absolute Gasteiger partial charge is 0.444 e. The molecule has 1 N–H and O–H groups in total. The van der Waals surface area contributed by atoms with Crippen LogP contribution in [0.3, 0.4) is 0 Å². The molecule has 1 fully saturated rings. The monoisotopic (exact) mass is 354 g/mol. The van der Waals surface area contributed by atoms with Gasteiger partial charge in [-0.3, -0.25) is 5.32 Å². The summed E-state index contributed by atoms with van der Waals surface area (Å²) in [6.07, 6.45) is 0.201. The van der Waals surface area contributed by atoms with Gasteiger partial charge in [0, 0.05) is 17.3 Å². The molecule has 1 heterocycles. The van der Waals surface area contributed by atoms with Gasteiger partial charge in [0.05, 0.1) is 6.54 Å². The Morgan fingerprint density at radius 1 is 1.25 bits per heavy atom. The SMILES string of the molecule is CC(C)(C)OC(=O)N1CCC[C@@H](OC(=O)Nc2ccc(Cl)cc2)C1. The third-order valence-corrected chi connectivity index (χ3v) is 3.65. The lowest BCUT2D eigenvalue weighted by Crippen LogP contribution is -2.46. The molecule has 1 aromatic rings. The first-order valence-corrected chi connectivity index (χ1v) is 8.32. The van der Waals surface area contributed by atoms with E-state index in [2.05, 4.69) is 5.32 Å². The Bertz CT molecular complexity index is 583. The average molecular weight is 355 g/mol. The number of halogens is 1. The Labute approximate surface area is 147 Å². The molecular weight excluding hydrogens is 332 g/mol. The number of anilines is 1. The molecule has 1 aromatic carbocycles. The summed E-state index contributed by atoms with van der Waals surface area (Å²) in [5.74, 6) is 0. The predicted octanol–water partition coefficient (Wildman–Crippen LogP) is 4.29. The van der Waals surface area contributed by atoms with E-state index < -0.39 is 11.7 Å². The van der Waals surface area contributed by atoms with Crippen LogP contribution in [-0.4, -0.2) is 41.9 Å². The van der Waals surface area contributed by atoms with E-state index in [1.165, 1.54) is 0 Å². The Kier molecular flexibility index (Phi) is 5.94. The number of ether oxygens (including phenoxy) is 2. The Balaban J connectivity index is 1.84. The third-order valence-electron chi connectivity index (χ3n) is 3.39. The van der Waals surface area contributed by atoms with Crippen LogP contribution >= 0.6 is 11.6 Å². The van der Waals surface area contributed by atoms with E-state index in [0.29, 0.717) is 30.2 Å². The summed E-state index contributed by atoms with van der Waals surface area (Å²) < 4.78 is 10.8. The highest BCUT2D eigenvalue weighted by Gasteiger charge is 2.29. The van der Waals surface area contributed by atoms with Gasteiger partial charge in [-0.15, -0.1) is 0 Å². The van der Waals surface area contributed by atoms with Crippen LogP contribution in [0.1, 0.15) is 33.6 Å². The summed E-state index contributed by atoms with van der Waals surface area (Å²) in [6.45, 7) is 6.41. The fourth-order valence-corrected chi connectivity index (χ4v) is 2.48. The Hall–Kier alpha value is -1.95. The molecule has 7 heteroatoms. The van der Waals surface area contributed by atoms with E-state index in [1.54, 1.807) is 29.2 Å². The number of benzene rings is 1. The molecule has 1 saturated heterocycles. The van der Waals surface area contributed by atoms with E-state index >= 15 is 0 Å². The second-order valence-electron chi connectivity index (χ2n) is 6.73. The van der Waals surface area contributed by atoms with Crippen molar-refractivity contribution in [2.45, 2.75) is 45.3 Å². The van der Waals surface area contributed by atoms with Crippen LogP contribution in [0.25, 0.3) is 0 Å². The van der Waals surface area contributed by atoms with Crippen LogP contribution in [0.5, 0.6) is 0 Å². The summed E-state index contributed by atoms with van der Waals surface area (Å²) in [7, 11) is 0. The number of carbonyl (C=O) groups is 2. The molecule has 1 atom stereocenters. The fourth-order valence-electron chi connectivity index (χ4n) is 2.36. The first-order valence-electron chi connectivity index (χ1n) is 7.94. The van der Waals surface area contributed by atoms with E-state index in [1.807, 2.05) is 20.8 Å². The summed E-state index contributed by atoms with van der Waals surface area (Å²) in [6, 6.07) is 6.75. The van der Waals surface area contributed by atoms with Crippen LogP contribution in [0.15, 0.2) is 24.3 Å². The minimum Gasteiger partial charge on any atom is -0.444 e. The maximum absolute atomic E-state index is 12.1. The minimum atomic E-state index is -0.548. The normalized spacial score (nSPS) is 18.0. The maximum atomic E-state index is 12.1. The number of carbonyl (C=O) groups excluding carboxylic acids is 2. The number of nitrogens with zero attached hydrogens (tertiary/aromatic N) is 1. The van der Waals surface area contributed by atoms with E-state index in [9.17, 15) is 9.59 Å². The molecule has 6 nitrogen and oxygen atoms in total. The maximum Gasteiger partial charge on any atom is 0.411 e. The van der Waals surface area contributed by atoms with Gasteiger partial charge in [0.25, 0.3) is 0 Å². The zero-order valence-electron chi connectivity index (χ0n) is 14.2. The van der Waals surface area contributed by atoms with E-state index in [-0.39, 0.29) is 12.2 Å². The molecule has 0 radical (unpaired) electrons. The highest BCUT2D eigenvalue weighted by Crippen LogP contribution is 2.18. The van der Waals surface area contributed by atoms with Crippen molar-refractivity contribution in [3.8, 4) is 0 Å². The lowest BCUT2D eigenvalue weighted by atomic mass is 10.1. The number of nitrogens with one attached hydrogen (secondary N) is 1. The summed E-state index contributed by atoms with van der Waals surface area (Å²) in [4.78, 5) is 25.7. The van der Waals surface area contributed by atoms with Gasteiger partial charge in [-0.2, -0.15) is 0 Å². The molecule has 2 rings (SSSR count). The molecule has 1 aliphatic heterocycles. The number of hydrogen-bond donors (Lipinski definition) is 1. The molecular formula is C17H23ClN2O4. The topological polar surface area (TPSA) is 67.9 Å². The van der Waals surface area contributed by atoms with E-state index in [0.717, 1.165) is 6.42 Å². The van der Waals surface area contributed by atoms with E-state index in [4.69, 9.17) is 21.1 Å². The molecule has 0 aliphatic carbocycles. The van der Waals surface area contributed by atoms with Gasteiger partial charge in [0.2, 0.25) is 0 Å². The first-order chi connectivity index (χ1) is 11.2. The molecule has 0 spiro atoms. The second-order valence-corrected chi connectivity index (χ2v) is 7.16. The number of hydrogen-bond acceptors (Lipinski definition) is 4. The lowest BCUT2D eigenvalue weighted by molar-refractivity contribution is 0.000873. The average Bonchev–Trinajstić information content (AvgIpc) is 2.48. The molecule has 0 bridgehead atoms. The number of likely N-dealkylation sites (tertiary alicyclic amines) is 1. The Morgan fingerprint density at radius 3 is 2.54 bits per heavy atom. The first kappa shape index (κ1) is 18.4. The summed E-state index contributed by atoms with van der Waals surface area (Å²) in [5, 5.41) is 3.24. The fraction of sp³-hybridized carbons (Fsp3) is 0.529. The number of amides is 2. The number of piperidine rings is 1. The highest BCUT2D eigenvalue weighted by molar-refractivity contribution is 6.30. The van der Waals surface area contributed by atoms with Gasteiger partial charge >= 0.3 is 12.2 Å². The zero-order valence-corrected chi connectivity index (χ0v) is 14.9. The third kappa shape index (κ3) is 5.92. The molecule has 2 amide bonds. The second kappa shape index (κ2) is 7.75. The van der Waals surface area contributed by atoms with Gasteiger partial charge in [0.15, 0.2) is 0 Å². The smallest absolute Gasteiger partial charge is 0.411 e. The Morgan fingerprint density at radius 2 is 1.92 bits per heavy atom. The highest BCUT2D eigenvalue weighted by atomic mass is 35.5. The van der Waals surface area contributed by atoms with Gasteiger partial charge in [-0.05, 0) is 57.9 Å². The zero-order chi connectivity index (χ0) is 17.7. The van der Waals surface area contributed by atoms with Gasteiger partial charge in [-0.1, -0.05) is 11.6 Å². The van der Waals surface area contributed by atoms with Crippen molar-refractivity contribution >= 4 is 29.5 Å². The van der Waals surface area contributed by atoms with Crippen molar-refractivity contribution < 1.29 is 19.1 Å². The van der Waals surface area contributed by atoms with Gasteiger partial charge < -0.3 is 14.4 Å².